The number of halogens is 1. The van der Waals surface area contributed by atoms with Crippen LogP contribution in [-0.4, -0.2) is 30.8 Å². The highest BCUT2D eigenvalue weighted by Gasteiger charge is 2.25. The summed E-state index contributed by atoms with van der Waals surface area (Å²) in [6.45, 7) is 5.08. The zero-order chi connectivity index (χ0) is 12.8. The number of nitrogens with one attached hydrogen (secondary N) is 1. The number of aromatic nitrogens is 1. The molecule has 2 rings (SSSR count). The second-order valence-corrected chi connectivity index (χ2v) is 5.82. The molecule has 18 heavy (non-hydrogen) atoms. The highest BCUT2D eigenvalue weighted by molar-refractivity contribution is 9.10. The standard InChI is InChI=1S/C14H21BrN2O/c1-2-4-17-14(12-3-5-18-10-12)7-11-6-13(15)9-16-8-11/h6,8-9,12,14,17H,2-5,7,10H2,1H3. The first-order valence-electron chi connectivity index (χ1n) is 6.70. The lowest BCUT2D eigenvalue weighted by atomic mass is 9.93. The van der Waals surface area contributed by atoms with E-state index in [0.717, 1.165) is 30.7 Å². The maximum Gasteiger partial charge on any atom is 0.0510 e. The van der Waals surface area contributed by atoms with Gasteiger partial charge in [0.2, 0.25) is 0 Å². The highest BCUT2D eigenvalue weighted by atomic mass is 79.9. The quantitative estimate of drug-likeness (QED) is 0.877. The third kappa shape index (κ3) is 4.04. The summed E-state index contributed by atoms with van der Waals surface area (Å²) >= 11 is 3.48. The second kappa shape index (κ2) is 7.22. The molecule has 2 atom stereocenters. The van der Waals surface area contributed by atoms with Crippen molar-refractivity contribution in [2.75, 3.05) is 19.8 Å². The molecule has 1 aromatic rings. The van der Waals surface area contributed by atoms with E-state index in [0.29, 0.717) is 12.0 Å². The molecule has 0 aliphatic carbocycles. The molecular weight excluding hydrogens is 292 g/mol. The maximum atomic E-state index is 5.51. The van der Waals surface area contributed by atoms with E-state index in [1.54, 1.807) is 0 Å². The number of hydrogen-bond acceptors (Lipinski definition) is 3. The first-order chi connectivity index (χ1) is 8.79. The minimum atomic E-state index is 0.503. The normalized spacial score (nSPS) is 21.1. The number of rotatable bonds is 6. The molecule has 1 fully saturated rings. The molecule has 4 heteroatoms. The molecule has 0 bridgehead atoms. The lowest BCUT2D eigenvalue weighted by Gasteiger charge is -2.23. The summed E-state index contributed by atoms with van der Waals surface area (Å²) in [6.07, 6.45) is 7.15. The first-order valence-corrected chi connectivity index (χ1v) is 7.49. The predicted octanol–water partition coefficient (Wildman–Crippen LogP) is 2.79. The van der Waals surface area contributed by atoms with Crippen LogP contribution in [0.4, 0.5) is 0 Å². The summed E-state index contributed by atoms with van der Waals surface area (Å²) in [7, 11) is 0. The molecule has 2 heterocycles. The van der Waals surface area contributed by atoms with Crippen molar-refractivity contribution in [1.82, 2.24) is 10.3 Å². The molecule has 0 aromatic carbocycles. The van der Waals surface area contributed by atoms with E-state index in [9.17, 15) is 0 Å². The van der Waals surface area contributed by atoms with Gasteiger partial charge in [0, 0.05) is 35.4 Å². The summed E-state index contributed by atoms with van der Waals surface area (Å²) < 4.78 is 6.57. The van der Waals surface area contributed by atoms with Gasteiger partial charge in [-0.1, -0.05) is 6.92 Å². The Morgan fingerprint density at radius 1 is 1.56 bits per heavy atom. The van der Waals surface area contributed by atoms with Gasteiger partial charge in [0.15, 0.2) is 0 Å². The van der Waals surface area contributed by atoms with Crippen LogP contribution in [0.25, 0.3) is 0 Å². The first kappa shape index (κ1) is 14.0. The zero-order valence-corrected chi connectivity index (χ0v) is 12.4. The van der Waals surface area contributed by atoms with Gasteiger partial charge in [0.05, 0.1) is 6.61 Å². The molecule has 0 spiro atoms. The fourth-order valence-corrected chi connectivity index (χ4v) is 2.84. The van der Waals surface area contributed by atoms with Crippen LogP contribution >= 0.6 is 15.9 Å². The Balaban J connectivity index is 1.99. The van der Waals surface area contributed by atoms with Gasteiger partial charge in [-0.25, -0.2) is 0 Å². The van der Waals surface area contributed by atoms with Crippen LogP contribution in [0.3, 0.4) is 0 Å². The van der Waals surface area contributed by atoms with Gasteiger partial charge in [-0.15, -0.1) is 0 Å². The second-order valence-electron chi connectivity index (χ2n) is 4.90. The van der Waals surface area contributed by atoms with Gasteiger partial charge in [0.1, 0.15) is 0 Å². The van der Waals surface area contributed by atoms with Crippen LogP contribution in [0, 0.1) is 5.92 Å². The van der Waals surface area contributed by atoms with E-state index in [1.807, 2.05) is 12.4 Å². The van der Waals surface area contributed by atoms with E-state index in [-0.39, 0.29) is 0 Å². The Labute approximate surface area is 117 Å². The molecule has 2 unspecified atom stereocenters. The van der Waals surface area contributed by atoms with Crippen molar-refractivity contribution in [2.45, 2.75) is 32.2 Å². The smallest absolute Gasteiger partial charge is 0.0510 e. The minimum absolute atomic E-state index is 0.503. The summed E-state index contributed by atoms with van der Waals surface area (Å²) in [5, 5.41) is 3.66. The van der Waals surface area contributed by atoms with Crippen molar-refractivity contribution in [3.63, 3.8) is 0 Å². The SMILES string of the molecule is CCCNC(Cc1cncc(Br)c1)C1CCOC1. The summed E-state index contributed by atoms with van der Waals surface area (Å²) in [4.78, 5) is 4.24. The summed E-state index contributed by atoms with van der Waals surface area (Å²) in [6, 6.07) is 2.66. The molecule has 1 saturated heterocycles. The van der Waals surface area contributed by atoms with E-state index in [2.05, 4.69) is 39.2 Å². The molecule has 0 saturated carbocycles. The average molecular weight is 313 g/mol. The van der Waals surface area contributed by atoms with Crippen LogP contribution in [0.1, 0.15) is 25.3 Å². The van der Waals surface area contributed by atoms with Crippen LogP contribution in [-0.2, 0) is 11.2 Å². The fourth-order valence-electron chi connectivity index (χ4n) is 2.43. The Hall–Kier alpha value is -0.450. The lowest BCUT2D eigenvalue weighted by molar-refractivity contribution is 0.176. The molecule has 0 radical (unpaired) electrons. The molecule has 100 valence electrons. The van der Waals surface area contributed by atoms with Gasteiger partial charge in [-0.3, -0.25) is 4.98 Å². The Bertz CT molecular complexity index is 367. The maximum absolute atomic E-state index is 5.51. The van der Waals surface area contributed by atoms with Crippen molar-refractivity contribution in [1.29, 1.82) is 0 Å². The lowest BCUT2D eigenvalue weighted by Crippen LogP contribution is -2.39. The minimum Gasteiger partial charge on any atom is -0.381 e. The van der Waals surface area contributed by atoms with Gasteiger partial charge in [-0.05, 0) is 53.4 Å². The number of ether oxygens (including phenoxy) is 1. The van der Waals surface area contributed by atoms with Gasteiger partial charge in [0.25, 0.3) is 0 Å². The monoisotopic (exact) mass is 312 g/mol. The van der Waals surface area contributed by atoms with Crippen LogP contribution in [0.15, 0.2) is 22.9 Å². The number of pyridine rings is 1. The molecule has 1 aliphatic rings. The predicted molar refractivity (Wildman–Crippen MR) is 76.6 cm³/mol. The van der Waals surface area contributed by atoms with Gasteiger partial charge in [-0.2, -0.15) is 0 Å². The molecule has 0 amide bonds. The van der Waals surface area contributed by atoms with E-state index in [4.69, 9.17) is 4.74 Å². The van der Waals surface area contributed by atoms with Crippen LogP contribution in [0.2, 0.25) is 0 Å². The number of nitrogens with zero attached hydrogens (tertiary/aromatic N) is 1. The number of hydrogen-bond donors (Lipinski definition) is 1. The van der Waals surface area contributed by atoms with Crippen molar-refractivity contribution in [2.24, 2.45) is 5.92 Å². The Kier molecular flexibility index (Phi) is 5.60. The van der Waals surface area contributed by atoms with Gasteiger partial charge < -0.3 is 10.1 Å². The molecule has 3 nitrogen and oxygen atoms in total. The Morgan fingerprint density at radius 2 is 2.44 bits per heavy atom. The van der Waals surface area contributed by atoms with Crippen LogP contribution < -0.4 is 5.32 Å². The van der Waals surface area contributed by atoms with Crippen molar-refractivity contribution >= 4 is 15.9 Å². The fraction of sp³-hybridized carbons (Fsp3) is 0.643. The topological polar surface area (TPSA) is 34.2 Å². The van der Waals surface area contributed by atoms with Crippen LogP contribution in [0.5, 0.6) is 0 Å². The van der Waals surface area contributed by atoms with E-state index < -0.39 is 0 Å². The van der Waals surface area contributed by atoms with E-state index in [1.165, 1.54) is 18.4 Å². The largest absolute Gasteiger partial charge is 0.381 e. The van der Waals surface area contributed by atoms with Crippen molar-refractivity contribution < 1.29 is 4.74 Å². The van der Waals surface area contributed by atoms with Crippen molar-refractivity contribution in [3.8, 4) is 0 Å². The summed E-state index contributed by atoms with van der Waals surface area (Å²) in [5.74, 6) is 0.635. The van der Waals surface area contributed by atoms with Crippen molar-refractivity contribution in [3.05, 3.63) is 28.5 Å². The zero-order valence-electron chi connectivity index (χ0n) is 10.9. The molecule has 1 aromatic heterocycles. The third-order valence-electron chi connectivity index (χ3n) is 3.41. The highest BCUT2D eigenvalue weighted by Crippen LogP contribution is 2.21. The molecule has 1 N–H and O–H groups in total. The van der Waals surface area contributed by atoms with Gasteiger partial charge >= 0.3 is 0 Å². The molecule has 1 aliphatic heterocycles. The summed E-state index contributed by atoms with van der Waals surface area (Å²) in [5.41, 5.74) is 1.28. The molecular formula is C14H21BrN2O. The van der Waals surface area contributed by atoms with E-state index >= 15 is 0 Å². The Morgan fingerprint density at radius 3 is 3.11 bits per heavy atom. The average Bonchev–Trinajstić information content (AvgIpc) is 2.88. The third-order valence-corrected chi connectivity index (χ3v) is 3.84.